The van der Waals surface area contributed by atoms with Crippen LogP contribution in [0, 0.1) is 0 Å². The molecular formula is C12H15N3O2S. The molecule has 6 heteroatoms. The van der Waals surface area contributed by atoms with Crippen LogP contribution in [0.4, 0.5) is 0 Å². The van der Waals surface area contributed by atoms with Gasteiger partial charge in [0.15, 0.2) is 5.69 Å². The molecule has 2 aromatic heterocycles. The van der Waals surface area contributed by atoms with Crippen molar-refractivity contribution >= 4 is 17.3 Å². The maximum absolute atomic E-state index is 11.6. The maximum Gasteiger partial charge on any atom is 0.360 e. The zero-order valence-electron chi connectivity index (χ0n) is 10.4. The van der Waals surface area contributed by atoms with Crippen molar-refractivity contribution < 1.29 is 9.53 Å². The monoisotopic (exact) mass is 265 g/mol. The van der Waals surface area contributed by atoms with Gasteiger partial charge in [0.05, 0.1) is 19.3 Å². The SMILES string of the molecule is CCCc1c(C(=O)OC)nnn1Cc1cccs1. The molecule has 0 aliphatic heterocycles. The van der Waals surface area contributed by atoms with Crippen molar-refractivity contribution in [2.75, 3.05) is 7.11 Å². The molecule has 0 aromatic carbocycles. The number of carbonyl (C=O) groups is 1. The Morgan fingerprint density at radius 3 is 3.00 bits per heavy atom. The number of nitrogens with zero attached hydrogens (tertiary/aromatic N) is 3. The first-order chi connectivity index (χ1) is 8.76. The molecule has 0 aliphatic carbocycles. The van der Waals surface area contributed by atoms with Gasteiger partial charge in [-0.05, 0) is 17.9 Å². The molecule has 2 rings (SSSR count). The molecule has 18 heavy (non-hydrogen) atoms. The average Bonchev–Trinajstić information content (AvgIpc) is 3.01. The summed E-state index contributed by atoms with van der Waals surface area (Å²) in [4.78, 5) is 12.8. The number of esters is 1. The number of hydrogen-bond donors (Lipinski definition) is 0. The zero-order chi connectivity index (χ0) is 13.0. The predicted octanol–water partition coefficient (Wildman–Crippen LogP) is 2.13. The van der Waals surface area contributed by atoms with Gasteiger partial charge in [0.25, 0.3) is 0 Å². The number of rotatable bonds is 5. The fourth-order valence-corrected chi connectivity index (χ4v) is 2.44. The van der Waals surface area contributed by atoms with Gasteiger partial charge in [-0.2, -0.15) is 0 Å². The van der Waals surface area contributed by atoms with E-state index in [0.717, 1.165) is 18.5 Å². The third-order valence-electron chi connectivity index (χ3n) is 2.59. The van der Waals surface area contributed by atoms with Crippen LogP contribution in [-0.4, -0.2) is 28.1 Å². The van der Waals surface area contributed by atoms with Crippen molar-refractivity contribution in [2.45, 2.75) is 26.3 Å². The minimum atomic E-state index is -0.420. The van der Waals surface area contributed by atoms with E-state index in [-0.39, 0.29) is 0 Å². The molecule has 0 unspecified atom stereocenters. The first-order valence-corrected chi connectivity index (χ1v) is 6.67. The fraction of sp³-hybridized carbons (Fsp3) is 0.417. The first-order valence-electron chi connectivity index (χ1n) is 5.79. The Morgan fingerprint density at radius 1 is 1.56 bits per heavy atom. The molecule has 0 spiro atoms. The van der Waals surface area contributed by atoms with E-state index in [1.165, 1.54) is 12.0 Å². The van der Waals surface area contributed by atoms with Crippen LogP contribution in [-0.2, 0) is 17.7 Å². The second-order valence-corrected chi connectivity index (χ2v) is 4.90. The molecule has 96 valence electrons. The number of thiophene rings is 1. The van der Waals surface area contributed by atoms with E-state index in [9.17, 15) is 4.79 Å². The molecule has 0 fully saturated rings. The summed E-state index contributed by atoms with van der Waals surface area (Å²) in [7, 11) is 1.36. The quantitative estimate of drug-likeness (QED) is 0.777. The smallest absolute Gasteiger partial charge is 0.360 e. The summed E-state index contributed by atoms with van der Waals surface area (Å²) in [6.45, 7) is 2.71. The highest BCUT2D eigenvalue weighted by atomic mass is 32.1. The van der Waals surface area contributed by atoms with Gasteiger partial charge in [-0.1, -0.05) is 24.6 Å². The highest BCUT2D eigenvalue weighted by Gasteiger charge is 2.19. The van der Waals surface area contributed by atoms with E-state index in [2.05, 4.69) is 17.2 Å². The second kappa shape index (κ2) is 5.77. The molecule has 2 heterocycles. The largest absolute Gasteiger partial charge is 0.464 e. The molecule has 0 N–H and O–H groups in total. The third kappa shape index (κ3) is 2.59. The van der Waals surface area contributed by atoms with Crippen molar-refractivity contribution in [1.29, 1.82) is 0 Å². The number of aromatic nitrogens is 3. The summed E-state index contributed by atoms with van der Waals surface area (Å²) in [5.74, 6) is -0.420. The number of methoxy groups -OCH3 is 1. The highest BCUT2D eigenvalue weighted by molar-refractivity contribution is 7.09. The lowest BCUT2D eigenvalue weighted by atomic mass is 10.2. The molecule has 0 amide bonds. The van der Waals surface area contributed by atoms with Crippen molar-refractivity contribution in [3.05, 3.63) is 33.8 Å². The Hall–Kier alpha value is -1.69. The van der Waals surface area contributed by atoms with Crippen LogP contribution in [0.2, 0.25) is 0 Å². The standard InChI is InChI=1S/C12H15N3O2S/c1-3-5-10-11(12(16)17-2)13-14-15(10)8-9-6-4-7-18-9/h4,6-7H,3,5,8H2,1-2H3. The summed E-state index contributed by atoms with van der Waals surface area (Å²) in [6, 6.07) is 4.04. The molecule has 0 atom stereocenters. The lowest BCUT2D eigenvalue weighted by Gasteiger charge is -2.05. The topological polar surface area (TPSA) is 57.0 Å². The Kier molecular flexibility index (Phi) is 4.09. The highest BCUT2D eigenvalue weighted by Crippen LogP contribution is 2.15. The minimum absolute atomic E-state index is 0.330. The number of ether oxygens (including phenoxy) is 1. The molecule has 0 bridgehead atoms. The maximum atomic E-state index is 11.6. The number of carbonyl (C=O) groups excluding carboxylic acids is 1. The lowest BCUT2D eigenvalue weighted by molar-refractivity contribution is 0.0592. The Labute approximate surface area is 109 Å². The van der Waals surface area contributed by atoms with Crippen molar-refractivity contribution in [3.8, 4) is 0 Å². The summed E-state index contributed by atoms with van der Waals surface area (Å²) in [5, 5.41) is 10.0. The van der Waals surface area contributed by atoms with E-state index in [4.69, 9.17) is 4.74 Å². The molecule has 0 aliphatic rings. The van der Waals surface area contributed by atoms with Crippen LogP contribution in [0.25, 0.3) is 0 Å². The van der Waals surface area contributed by atoms with Gasteiger partial charge in [0, 0.05) is 4.88 Å². The van der Waals surface area contributed by atoms with Crippen LogP contribution in [0.1, 0.15) is 34.4 Å². The average molecular weight is 265 g/mol. The van der Waals surface area contributed by atoms with Gasteiger partial charge in [-0.25, -0.2) is 9.48 Å². The second-order valence-electron chi connectivity index (χ2n) is 3.86. The lowest BCUT2D eigenvalue weighted by Crippen LogP contribution is -2.10. The summed E-state index contributed by atoms with van der Waals surface area (Å²) in [5.41, 5.74) is 1.17. The summed E-state index contributed by atoms with van der Waals surface area (Å²) >= 11 is 1.66. The summed E-state index contributed by atoms with van der Waals surface area (Å²) < 4.78 is 6.50. The van der Waals surface area contributed by atoms with Crippen LogP contribution < -0.4 is 0 Å². The molecule has 0 radical (unpaired) electrons. The van der Waals surface area contributed by atoms with E-state index in [1.807, 2.05) is 17.5 Å². The van der Waals surface area contributed by atoms with E-state index in [1.54, 1.807) is 16.0 Å². The van der Waals surface area contributed by atoms with Crippen molar-refractivity contribution in [3.63, 3.8) is 0 Å². The Bertz CT molecular complexity index is 519. The van der Waals surface area contributed by atoms with E-state index in [0.29, 0.717) is 12.2 Å². The Morgan fingerprint density at radius 2 is 2.39 bits per heavy atom. The fourth-order valence-electron chi connectivity index (χ4n) is 1.75. The van der Waals surface area contributed by atoms with Crippen molar-refractivity contribution in [2.24, 2.45) is 0 Å². The molecule has 0 saturated carbocycles. The third-order valence-corrected chi connectivity index (χ3v) is 3.45. The molecule has 2 aromatic rings. The molecular weight excluding hydrogens is 250 g/mol. The number of hydrogen-bond acceptors (Lipinski definition) is 5. The van der Waals surface area contributed by atoms with Gasteiger partial charge in [-0.3, -0.25) is 0 Å². The first kappa shape index (κ1) is 12.8. The minimum Gasteiger partial charge on any atom is -0.464 e. The predicted molar refractivity (Wildman–Crippen MR) is 68.8 cm³/mol. The Balaban J connectivity index is 2.29. The van der Waals surface area contributed by atoms with Gasteiger partial charge >= 0.3 is 5.97 Å². The van der Waals surface area contributed by atoms with Gasteiger partial charge in [-0.15, -0.1) is 16.4 Å². The van der Waals surface area contributed by atoms with Gasteiger partial charge in [0.1, 0.15) is 0 Å². The molecule has 0 saturated heterocycles. The van der Waals surface area contributed by atoms with Crippen LogP contribution in [0.5, 0.6) is 0 Å². The van der Waals surface area contributed by atoms with Gasteiger partial charge < -0.3 is 4.74 Å². The van der Waals surface area contributed by atoms with Gasteiger partial charge in [0.2, 0.25) is 0 Å². The van der Waals surface area contributed by atoms with Crippen LogP contribution in [0.15, 0.2) is 17.5 Å². The van der Waals surface area contributed by atoms with E-state index >= 15 is 0 Å². The molecule has 5 nitrogen and oxygen atoms in total. The normalized spacial score (nSPS) is 10.6. The summed E-state index contributed by atoms with van der Waals surface area (Å²) in [6.07, 6.45) is 1.70. The van der Waals surface area contributed by atoms with E-state index < -0.39 is 5.97 Å². The zero-order valence-corrected chi connectivity index (χ0v) is 11.2. The van der Waals surface area contributed by atoms with Crippen molar-refractivity contribution in [1.82, 2.24) is 15.0 Å². The van der Waals surface area contributed by atoms with Crippen LogP contribution in [0.3, 0.4) is 0 Å². The van der Waals surface area contributed by atoms with Crippen LogP contribution >= 0.6 is 11.3 Å².